The van der Waals surface area contributed by atoms with Crippen LogP contribution in [0.15, 0.2) is 29.3 Å². The summed E-state index contributed by atoms with van der Waals surface area (Å²) < 4.78 is 12.7. The van der Waals surface area contributed by atoms with Crippen molar-refractivity contribution < 1.29 is 4.39 Å². The summed E-state index contributed by atoms with van der Waals surface area (Å²) in [5, 5.41) is 0. The van der Waals surface area contributed by atoms with Crippen LogP contribution in [-0.2, 0) is 0 Å². The topological polar surface area (TPSA) is 12.4 Å². The molecule has 1 unspecified atom stereocenters. The Bertz CT molecular complexity index is 340. The van der Waals surface area contributed by atoms with Gasteiger partial charge in [0.15, 0.2) is 0 Å². The minimum absolute atomic E-state index is 0.182. The molecule has 0 aromatic heterocycles. The standard InChI is InChI=1S/C12H14FN/c1-9-3-2-4-12(14-9)10-5-7-11(13)8-6-10/h5-9H,2-4H2,1H3. The van der Waals surface area contributed by atoms with Gasteiger partial charge < -0.3 is 0 Å². The second-order valence-electron chi connectivity index (χ2n) is 3.82. The van der Waals surface area contributed by atoms with E-state index in [0.717, 1.165) is 17.7 Å². The van der Waals surface area contributed by atoms with Gasteiger partial charge in [-0.2, -0.15) is 0 Å². The van der Waals surface area contributed by atoms with E-state index in [1.807, 2.05) is 12.1 Å². The average Bonchev–Trinajstić information content (AvgIpc) is 2.19. The summed E-state index contributed by atoms with van der Waals surface area (Å²) in [7, 11) is 0. The fraction of sp³-hybridized carbons (Fsp3) is 0.417. The first-order valence-electron chi connectivity index (χ1n) is 5.08. The zero-order valence-corrected chi connectivity index (χ0v) is 8.33. The van der Waals surface area contributed by atoms with Gasteiger partial charge in [-0.15, -0.1) is 0 Å². The Hall–Kier alpha value is -1.18. The molecule has 1 heterocycles. The smallest absolute Gasteiger partial charge is 0.123 e. The molecule has 0 aliphatic carbocycles. The largest absolute Gasteiger partial charge is 0.286 e. The molecular formula is C12H14FN. The van der Waals surface area contributed by atoms with Crippen LogP contribution in [-0.4, -0.2) is 11.8 Å². The highest BCUT2D eigenvalue weighted by Crippen LogP contribution is 2.17. The number of hydrogen-bond donors (Lipinski definition) is 0. The lowest BCUT2D eigenvalue weighted by molar-refractivity contribution is 0.610. The van der Waals surface area contributed by atoms with Crippen LogP contribution in [0.2, 0.25) is 0 Å². The average molecular weight is 191 g/mol. The molecule has 0 N–H and O–H groups in total. The summed E-state index contributed by atoms with van der Waals surface area (Å²) in [6.07, 6.45) is 3.39. The quantitative estimate of drug-likeness (QED) is 0.646. The number of nitrogens with zero attached hydrogens (tertiary/aromatic N) is 1. The molecule has 0 fully saturated rings. The number of halogens is 1. The number of aliphatic imine (C=N–C) groups is 1. The van der Waals surface area contributed by atoms with Crippen molar-refractivity contribution in [3.8, 4) is 0 Å². The number of benzene rings is 1. The van der Waals surface area contributed by atoms with Gasteiger partial charge in [0.25, 0.3) is 0 Å². The molecule has 1 nitrogen and oxygen atoms in total. The van der Waals surface area contributed by atoms with Crippen molar-refractivity contribution in [2.75, 3.05) is 0 Å². The van der Waals surface area contributed by atoms with Gasteiger partial charge in [-0.05, 0) is 43.9 Å². The Morgan fingerprint density at radius 1 is 1.29 bits per heavy atom. The highest BCUT2D eigenvalue weighted by atomic mass is 19.1. The van der Waals surface area contributed by atoms with Gasteiger partial charge in [0.05, 0.1) is 0 Å². The van der Waals surface area contributed by atoms with E-state index in [9.17, 15) is 4.39 Å². The van der Waals surface area contributed by atoms with Crippen LogP contribution in [0.3, 0.4) is 0 Å². The van der Waals surface area contributed by atoms with Gasteiger partial charge in [-0.1, -0.05) is 12.1 Å². The van der Waals surface area contributed by atoms with Crippen LogP contribution >= 0.6 is 0 Å². The molecule has 2 heteroatoms. The predicted octanol–water partition coefficient (Wildman–Crippen LogP) is 3.19. The maximum atomic E-state index is 12.7. The minimum atomic E-state index is -0.182. The van der Waals surface area contributed by atoms with E-state index in [-0.39, 0.29) is 5.82 Å². The van der Waals surface area contributed by atoms with Crippen LogP contribution in [0.4, 0.5) is 4.39 Å². The third-order valence-electron chi connectivity index (χ3n) is 2.59. The summed E-state index contributed by atoms with van der Waals surface area (Å²) in [5.41, 5.74) is 2.20. The molecule has 0 radical (unpaired) electrons. The molecule has 2 rings (SSSR count). The summed E-state index contributed by atoms with van der Waals surface area (Å²) in [5.74, 6) is -0.182. The van der Waals surface area contributed by atoms with Crippen molar-refractivity contribution >= 4 is 5.71 Å². The molecule has 0 bridgehead atoms. The third kappa shape index (κ3) is 2.00. The van der Waals surface area contributed by atoms with Crippen molar-refractivity contribution in [3.05, 3.63) is 35.6 Å². The first-order valence-corrected chi connectivity index (χ1v) is 5.08. The Balaban J connectivity index is 2.26. The molecule has 0 saturated heterocycles. The van der Waals surface area contributed by atoms with E-state index in [0.29, 0.717) is 6.04 Å². The summed E-state index contributed by atoms with van der Waals surface area (Å²) in [6, 6.07) is 7.04. The molecule has 1 aromatic carbocycles. The lowest BCUT2D eigenvalue weighted by Crippen LogP contribution is -2.13. The van der Waals surface area contributed by atoms with Gasteiger partial charge in [-0.25, -0.2) is 4.39 Å². The van der Waals surface area contributed by atoms with Crippen molar-refractivity contribution in [2.45, 2.75) is 32.2 Å². The molecule has 14 heavy (non-hydrogen) atoms. The lowest BCUT2D eigenvalue weighted by Gasteiger charge is -2.17. The molecule has 1 aliphatic rings. The minimum Gasteiger partial charge on any atom is -0.286 e. The van der Waals surface area contributed by atoms with Gasteiger partial charge in [0.1, 0.15) is 5.82 Å². The monoisotopic (exact) mass is 191 g/mol. The Labute approximate surface area is 83.7 Å². The Kier molecular flexibility index (Phi) is 2.62. The molecule has 0 spiro atoms. The third-order valence-corrected chi connectivity index (χ3v) is 2.59. The van der Waals surface area contributed by atoms with E-state index in [4.69, 9.17) is 0 Å². The molecule has 1 aromatic rings. The molecule has 74 valence electrons. The highest BCUT2D eigenvalue weighted by molar-refractivity contribution is 6.00. The molecule has 0 saturated carbocycles. The predicted molar refractivity (Wildman–Crippen MR) is 56.3 cm³/mol. The van der Waals surface area contributed by atoms with E-state index < -0.39 is 0 Å². The van der Waals surface area contributed by atoms with Crippen LogP contribution < -0.4 is 0 Å². The maximum absolute atomic E-state index is 12.7. The zero-order chi connectivity index (χ0) is 9.97. The molecule has 1 aliphatic heterocycles. The zero-order valence-electron chi connectivity index (χ0n) is 8.33. The van der Waals surface area contributed by atoms with Gasteiger partial charge >= 0.3 is 0 Å². The number of rotatable bonds is 1. The van der Waals surface area contributed by atoms with Crippen molar-refractivity contribution in [3.63, 3.8) is 0 Å². The van der Waals surface area contributed by atoms with Crippen molar-refractivity contribution in [1.82, 2.24) is 0 Å². The van der Waals surface area contributed by atoms with E-state index in [1.54, 1.807) is 0 Å². The van der Waals surface area contributed by atoms with E-state index >= 15 is 0 Å². The molecule has 1 atom stereocenters. The Morgan fingerprint density at radius 2 is 2.00 bits per heavy atom. The van der Waals surface area contributed by atoms with E-state index in [1.165, 1.54) is 25.0 Å². The molecule has 0 amide bonds. The van der Waals surface area contributed by atoms with Crippen LogP contribution in [0.1, 0.15) is 31.7 Å². The SMILES string of the molecule is CC1CCCC(c2ccc(F)cc2)=N1. The van der Waals surface area contributed by atoms with Crippen molar-refractivity contribution in [1.29, 1.82) is 0 Å². The fourth-order valence-corrected chi connectivity index (χ4v) is 1.82. The van der Waals surface area contributed by atoms with Crippen LogP contribution in [0, 0.1) is 5.82 Å². The van der Waals surface area contributed by atoms with Crippen LogP contribution in [0.5, 0.6) is 0 Å². The summed E-state index contributed by atoms with van der Waals surface area (Å²) >= 11 is 0. The summed E-state index contributed by atoms with van der Waals surface area (Å²) in [4.78, 5) is 4.58. The summed E-state index contributed by atoms with van der Waals surface area (Å²) in [6.45, 7) is 2.13. The maximum Gasteiger partial charge on any atom is 0.123 e. The second-order valence-corrected chi connectivity index (χ2v) is 3.82. The second kappa shape index (κ2) is 3.91. The van der Waals surface area contributed by atoms with Gasteiger partial charge in [0, 0.05) is 11.8 Å². The Morgan fingerprint density at radius 3 is 2.64 bits per heavy atom. The fourth-order valence-electron chi connectivity index (χ4n) is 1.82. The first kappa shape index (κ1) is 9.38. The lowest BCUT2D eigenvalue weighted by atomic mass is 9.99. The first-order chi connectivity index (χ1) is 6.75. The van der Waals surface area contributed by atoms with Crippen molar-refractivity contribution in [2.24, 2.45) is 4.99 Å². The van der Waals surface area contributed by atoms with Gasteiger partial charge in [0.2, 0.25) is 0 Å². The highest BCUT2D eigenvalue weighted by Gasteiger charge is 2.12. The van der Waals surface area contributed by atoms with E-state index in [2.05, 4.69) is 11.9 Å². The molecular weight excluding hydrogens is 177 g/mol. The van der Waals surface area contributed by atoms with Gasteiger partial charge in [-0.3, -0.25) is 4.99 Å². The van der Waals surface area contributed by atoms with Crippen LogP contribution in [0.25, 0.3) is 0 Å². The normalized spacial score (nSPS) is 21.9. The number of hydrogen-bond acceptors (Lipinski definition) is 1.